The number of aromatic nitrogens is 2. The van der Waals surface area contributed by atoms with E-state index in [4.69, 9.17) is 5.73 Å². The van der Waals surface area contributed by atoms with Crippen molar-refractivity contribution in [1.82, 2.24) is 9.78 Å². The maximum absolute atomic E-state index is 6.13. The lowest BCUT2D eigenvalue weighted by Gasteiger charge is -2.03. The number of hydrogen-bond donors (Lipinski definition) is 1. The third kappa shape index (κ3) is 2.18. The Bertz CT molecular complexity index is 739. The molecule has 2 N–H and O–H groups in total. The van der Waals surface area contributed by atoms with Gasteiger partial charge in [-0.25, -0.2) is 4.68 Å². The van der Waals surface area contributed by atoms with Gasteiger partial charge in [-0.2, -0.15) is 5.10 Å². The van der Waals surface area contributed by atoms with Crippen molar-refractivity contribution < 1.29 is 0 Å². The molecule has 1 heterocycles. The summed E-state index contributed by atoms with van der Waals surface area (Å²) in [6.07, 6.45) is 1.87. The van der Waals surface area contributed by atoms with Crippen molar-refractivity contribution in [3.8, 4) is 16.9 Å². The molecule has 100 valence electrons. The molecule has 0 spiro atoms. The fraction of sp³-hybridized carbons (Fsp3) is 0.118. The van der Waals surface area contributed by atoms with Crippen molar-refractivity contribution in [3.05, 3.63) is 65.9 Å². The summed E-state index contributed by atoms with van der Waals surface area (Å²) in [7, 11) is 0. The molecule has 3 heteroatoms. The van der Waals surface area contributed by atoms with Gasteiger partial charge in [-0.05, 0) is 31.5 Å². The SMILES string of the molecule is Cc1ccc(-n2cc(N)c(-c3ccccc3C)n2)cc1. The Morgan fingerprint density at radius 2 is 1.65 bits per heavy atom. The normalized spacial score (nSPS) is 10.7. The van der Waals surface area contributed by atoms with E-state index in [-0.39, 0.29) is 0 Å². The molecule has 0 saturated heterocycles. The monoisotopic (exact) mass is 263 g/mol. The van der Waals surface area contributed by atoms with Gasteiger partial charge in [-0.15, -0.1) is 0 Å². The summed E-state index contributed by atoms with van der Waals surface area (Å²) in [4.78, 5) is 0. The molecule has 3 rings (SSSR count). The highest BCUT2D eigenvalue weighted by molar-refractivity contribution is 5.74. The van der Waals surface area contributed by atoms with Gasteiger partial charge in [0.2, 0.25) is 0 Å². The molecule has 0 aliphatic carbocycles. The summed E-state index contributed by atoms with van der Waals surface area (Å²) in [5.41, 5.74) is 12.2. The zero-order valence-electron chi connectivity index (χ0n) is 11.7. The first kappa shape index (κ1) is 12.5. The average molecular weight is 263 g/mol. The lowest BCUT2D eigenvalue weighted by molar-refractivity contribution is 0.883. The van der Waals surface area contributed by atoms with E-state index in [0.717, 1.165) is 16.9 Å². The molecule has 3 aromatic rings. The zero-order valence-corrected chi connectivity index (χ0v) is 11.7. The molecule has 0 aliphatic heterocycles. The van der Waals surface area contributed by atoms with Crippen molar-refractivity contribution in [1.29, 1.82) is 0 Å². The van der Waals surface area contributed by atoms with E-state index >= 15 is 0 Å². The van der Waals surface area contributed by atoms with E-state index in [2.05, 4.69) is 37.1 Å². The second kappa shape index (κ2) is 4.85. The largest absolute Gasteiger partial charge is 0.396 e. The van der Waals surface area contributed by atoms with E-state index < -0.39 is 0 Å². The quantitative estimate of drug-likeness (QED) is 0.765. The summed E-state index contributed by atoms with van der Waals surface area (Å²) >= 11 is 0. The number of anilines is 1. The topological polar surface area (TPSA) is 43.8 Å². The fourth-order valence-electron chi connectivity index (χ4n) is 2.26. The van der Waals surface area contributed by atoms with Gasteiger partial charge < -0.3 is 5.73 Å². The Labute approximate surface area is 118 Å². The van der Waals surface area contributed by atoms with Crippen LogP contribution in [0.2, 0.25) is 0 Å². The Morgan fingerprint density at radius 1 is 0.950 bits per heavy atom. The molecule has 0 radical (unpaired) electrons. The highest BCUT2D eigenvalue weighted by atomic mass is 15.3. The van der Waals surface area contributed by atoms with Gasteiger partial charge in [0.05, 0.1) is 17.6 Å². The van der Waals surface area contributed by atoms with Crippen LogP contribution in [-0.2, 0) is 0 Å². The maximum Gasteiger partial charge on any atom is 0.116 e. The second-order valence-corrected chi connectivity index (χ2v) is 5.03. The fourth-order valence-corrected chi connectivity index (χ4v) is 2.26. The van der Waals surface area contributed by atoms with Crippen LogP contribution in [0, 0.1) is 13.8 Å². The third-order valence-electron chi connectivity index (χ3n) is 3.44. The van der Waals surface area contributed by atoms with Crippen LogP contribution in [0.4, 0.5) is 5.69 Å². The predicted octanol–water partition coefficient (Wildman–Crippen LogP) is 3.74. The van der Waals surface area contributed by atoms with E-state index in [1.54, 1.807) is 0 Å². The van der Waals surface area contributed by atoms with E-state index in [9.17, 15) is 0 Å². The van der Waals surface area contributed by atoms with Gasteiger partial charge in [0.1, 0.15) is 5.69 Å². The molecule has 0 amide bonds. The van der Waals surface area contributed by atoms with E-state index in [1.807, 2.05) is 41.2 Å². The summed E-state index contributed by atoms with van der Waals surface area (Å²) < 4.78 is 1.83. The van der Waals surface area contributed by atoms with Crippen molar-refractivity contribution in [2.45, 2.75) is 13.8 Å². The van der Waals surface area contributed by atoms with Crippen molar-refractivity contribution in [2.75, 3.05) is 5.73 Å². The number of rotatable bonds is 2. The molecule has 1 aromatic heterocycles. The third-order valence-corrected chi connectivity index (χ3v) is 3.44. The number of aryl methyl sites for hydroxylation is 2. The number of hydrogen-bond acceptors (Lipinski definition) is 2. The van der Waals surface area contributed by atoms with Crippen LogP contribution in [0.5, 0.6) is 0 Å². The number of nitrogens with zero attached hydrogens (tertiary/aromatic N) is 2. The Balaban J connectivity index is 2.08. The average Bonchev–Trinajstić information content (AvgIpc) is 2.82. The molecule has 0 saturated carbocycles. The van der Waals surface area contributed by atoms with Crippen molar-refractivity contribution in [2.24, 2.45) is 0 Å². The van der Waals surface area contributed by atoms with Gasteiger partial charge in [0, 0.05) is 5.56 Å². The Hall–Kier alpha value is -2.55. The number of benzene rings is 2. The molecule has 0 unspecified atom stereocenters. The summed E-state index contributed by atoms with van der Waals surface area (Å²) in [6.45, 7) is 4.14. The van der Waals surface area contributed by atoms with Gasteiger partial charge in [0.25, 0.3) is 0 Å². The van der Waals surface area contributed by atoms with Crippen LogP contribution in [0.25, 0.3) is 16.9 Å². The molecule has 0 fully saturated rings. The number of nitrogens with two attached hydrogens (primary N) is 1. The van der Waals surface area contributed by atoms with Crippen LogP contribution < -0.4 is 5.73 Å². The van der Waals surface area contributed by atoms with Crippen LogP contribution >= 0.6 is 0 Å². The van der Waals surface area contributed by atoms with Crippen LogP contribution in [0.1, 0.15) is 11.1 Å². The predicted molar refractivity (Wildman–Crippen MR) is 82.9 cm³/mol. The summed E-state index contributed by atoms with van der Waals surface area (Å²) in [6, 6.07) is 16.4. The first-order valence-electron chi connectivity index (χ1n) is 6.63. The molecule has 0 atom stereocenters. The minimum Gasteiger partial charge on any atom is -0.396 e. The zero-order chi connectivity index (χ0) is 14.1. The van der Waals surface area contributed by atoms with Gasteiger partial charge in [-0.1, -0.05) is 42.0 Å². The molecule has 0 aliphatic rings. The highest BCUT2D eigenvalue weighted by Crippen LogP contribution is 2.27. The van der Waals surface area contributed by atoms with Crippen LogP contribution in [-0.4, -0.2) is 9.78 Å². The molecule has 0 bridgehead atoms. The van der Waals surface area contributed by atoms with E-state index in [1.165, 1.54) is 11.1 Å². The van der Waals surface area contributed by atoms with Gasteiger partial charge >= 0.3 is 0 Å². The summed E-state index contributed by atoms with van der Waals surface area (Å²) in [5.74, 6) is 0. The van der Waals surface area contributed by atoms with Crippen molar-refractivity contribution >= 4 is 5.69 Å². The summed E-state index contributed by atoms with van der Waals surface area (Å²) in [5, 5.41) is 4.63. The van der Waals surface area contributed by atoms with E-state index in [0.29, 0.717) is 5.69 Å². The molecule has 2 aromatic carbocycles. The Morgan fingerprint density at radius 3 is 2.35 bits per heavy atom. The number of nitrogen functional groups attached to an aromatic ring is 1. The molecular formula is C17H17N3. The van der Waals surface area contributed by atoms with Gasteiger partial charge in [0.15, 0.2) is 0 Å². The standard InChI is InChI=1S/C17H17N3/c1-12-7-9-14(10-8-12)20-11-16(18)17(19-20)15-6-4-3-5-13(15)2/h3-11H,18H2,1-2H3. The lowest BCUT2D eigenvalue weighted by Crippen LogP contribution is -1.95. The van der Waals surface area contributed by atoms with Crippen LogP contribution in [0.3, 0.4) is 0 Å². The lowest BCUT2D eigenvalue weighted by atomic mass is 10.1. The first-order chi connectivity index (χ1) is 9.65. The van der Waals surface area contributed by atoms with Crippen molar-refractivity contribution in [3.63, 3.8) is 0 Å². The Kier molecular flexibility index (Phi) is 3.03. The molecule has 20 heavy (non-hydrogen) atoms. The highest BCUT2D eigenvalue weighted by Gasteiger charge is 2.11. The van der Waals surface area contributed by atoms with Gasteiger partial charge in [-0.3, -0.25) is 0 Å². The van der Waals surface area contributed by atoms with Crippen LogP contribution in [0.15, 0.2) is 54.7 Å². The first-order valence-corrected chi connectivity index (χ1v) is 6.63. The minimum atomic E-state index is 0.694. The second-order valence-electron chi connectivity index (χ2n) is 5.03. The molecule has 3 nitrogen and oxygen atoms in total. The maximum atomic E-state index is 6.13. The smallest absolute Gasteiger partial charge is 0.116 e. The minimum absolute atomic E-state index is 0.694. The molecular weight excluding hydrogens is 246 g/mol.